The van der Waals surface area contributed by atoms with Gasteiger partial charge in [0, 0.05) is 12.2 Å². The molecular weight excluding hydrogens is 310 g/mol. The van der Waals surface area contributed by atoms with E-state index in [4.69, 9.17) is 11.6 Å². The largest absolute Gasteiger partial charge is 0.393 e. The summed E-state index contributed by atoms with van der Waals surface area (Å²) in [7, 11) is 0. The van der Waals surface area contributed by atoms with Gasteiger partial charge in [0.1, 0.15) is 5.15 Å². The predicted molar refractivity (Wildman–Crippen MR) is 93.7 cm³/mol. The zero-order valence-electron chi connectivity index (χ0n) is 13.4. The van der Waals surface area contributed by atoms with E-state index in [1.165, 1.54) is 12.8 Å². The van der Waals surface area contributed by atoms with Crippen molar-refractivity contribution in [2.24, 2.45) is 0 Å². The number of pyridine rings is 1. The van der Waals surface area contributed by atoms with Crippen molar-refractivity contribution in [3.63, 3.8) is 0 Å². The first kappa shape index (κ1) is 16.6. The first-order chi connectivity index (χ1) is 11.2. The molecule has 4 nitrogen and oxygen atoms in total. The molecule has 1 aromatic rings. The van der Waals surface area contributed by atoms with Crippen LogP contribution in [0.25, 0.3) is 0 Å². The van der Waals surface area contributed by atoms with Gasteiger partial charge in [0.05, 0.1) is 23.9 Å². The van der Waals surface area contributed by atoms with Gasteiger partial charge in [-0.25, -0.2) is 4.98 Å². The van der Waals surface area contributed by atoms with Crippen molar-refractivity contribution in [3.8, 4) is 11.8 Å². The smallest absolute Gasteiger partial charge is 0.131 e. The highest BCUT2D eigenvalue weighted by atomic mass is 35.5. The monoisotopic (exact) mass is 333 g/mol. The van der Waals surface area contributed by atoms with Gasteiger partial charge in [0.15, 0.2) is 0 Å². The summed E-state index contributed by atoms with van der Waals surface area (Å²) in [5.41, 5.74) is 1.86. The van der Waals surface area contributed by atoms with E-state index in [0.29, 0.717) is 11.2 Å². The Bertz CT molecular complexity index is 582. The van der Waals surface area contributed by atoms with Crippen molar-refractivity contribution in [2.75, 3.05) is 25.0 Å². The Morgan fingerprint density at radius 1 is 1.26 bits per heavy atom. The molecule has 124 valence electrons. The minimum Gasteiger partial charge on any atom is -0.393 e. The number of aliphatic hydroxyl groups excluding tert-OH is 1. The first-order valence-corrected chi connectivity index (χ1v) is 8.90. The Morgan fingerprint density at radius 3 is 2.74 bits per heavy atom. The Kier molecular flexibility index (Phi) is 5.77. The van der Waals surface area contributed by atoms with Gasteiger partial charge in [-0.05, 0) is 57.7 Å². The molecule has 0 aromatic carbocycles. The van der Waals surface area contributed by atoms with Crippen LogP contribution in [-0.2, 0) is 0 Å². The van der Waals surface area contributed by atoms with Crippen LogP contribution in [0.4, 0.5) is 5.69 Å². The van der Waals surface area contributed by atoms with E-state index in [1.54, 1.807) is 6.20 Å². The number of halogens is 1. The zero-order valence-corrected chi connectivity index (χ0v) is 14.1. The van der Waals surface area contributed by atoms with Gasteiger partial charge in [-0.15, -0.1) is 0 Å². The van der Waals surface area contributed by atoms with Crippen LogP contribution in [-0.4, -0.2) is 46.8 Å². The van der Waals surface area contributed by atoms with Gasteiger partial charge in [-0.3, -0.25) is 4.90 Å². The summed E-state index contributed by atoms with van der Waals surface area (Å²) in [5.74, 6) is 6.50. The van der Waals surface area contributed by atoms with Crippen molar-refractivity contribution in [2.45, 2.75) is 50.7 Å². The van der Waals surface area contributed by atoms with Gasteiger partial charge >= 0.3 is 0 Å². The second-order valence-corrected chi connectivity index (χ2v) is 6.87. The highest BCUT2D eigenvalue weighted by molar-refractivity contribution is 6.29. The van der Waals surface area contributed by atoms with Crippen molar-refractivity contribution in [1.82, 2.24) is 9.88 Å². The lowest BCUT2D eigenvalue weighted by atomic mass is 9.93. The molecule has 1 aromatic heterocycles. The van der Waals surface area contributed by atoms with E-state index in [9.17, 15) is 5.11 Å². The van der Waals surface area contributed by atoms with Crippen LogP contribution in [0.5, 0.6) is 0 Å². The summed E-state index contributed by atoms with van der Waals surface area (Å²) in [4.78, 5) is 6.55. The van der Waals surface area contributed by atoms with E-state index in [2.05, 4.69) is 27.0 Å². The Labute approximate surface area is 143 Å². The Hall–Kier alpha value is -1.28. The minimum atomic E-state index is -0.145. The third-order valence-electron chi connectivity index (χ3n) is 4.65. The molecule has 2 N–H and O–H groups in total. The summed E-state index contributed by atoms with van der Waals surface area (Å²) in [6.07, 6.45) is 7.82. The number of hydrogen-bond acceptors (Lipinski definition) is 4. The first-order valence-electron chi connectivity index (χ1n) is 8.52. The minimum absolute atomic E-state index is 0.145. The predicted octanol–water partition coefficient (Wildman–Crippen LogP) is 2.90. The van der Waals surface area contributed by atoms with Crippen LogP contribution in [0.3, 0.4) is 0 Å². The normalized spacial score (nSPS) is 25.0. The van der Waals surface area contributed by atoms with Crippen molar-refractivity contribution in [1.29, 1.82) is 0 Å². The topological polar surface area (TPSA) is 48.4 Å². The van der Waals surface area contributed by atoms with Gasteiger partial charge in [-0.2, -0.15) is 0 Å². The molecular formula is C18H24ClN3O. The van der Waals surface area contributed by atoms with Gasteiger partial charge in [-0.1, -0.05) is 23.4 Å². The molecule has 0 bridgehead atoms. The molecule has 3 rings (SSSR count). The molecule has 1 aliphatic carbocycles. The number of anilines is 1. The molecule has 1 saturated heterocycles. The molecule has 0 unspecified atom stereocenters. The summed E-state index contributed by atoms with van der Waals surface area (Å²) >= 11 is 6.05. The standard InChI is InChI=1S/C18H24ClN3O/c19-18-12-17(21-15-5-7-16(23)8-6-15)14(13-20-18)4-3-11-22-9-1-2-10-22/h12-13,15-16,23H,1-2,5-11H2,(H,20,21). The summed E-state index contributed by atoms with van der Waals surface area (Å²) in [5, 5.41) is 13.6. The van der Waals surface area contributed by atoms with Gasteiger partial charge in [0.25, 0.3) is 0 Å². The molecule has 2 aliphatic rings. The van der Waals surface area contributed by atoms with E-state index in [0.717, 1.165) is 56.6 Å². The summed E-state index contributed by atoms with van der Waals surface area (Å²) in [6.45, 7) is 3.13. The maximum Gasteiger partial charge on any atom is 0.131 e. The molecule has 0 radical (unpaired) electrons. The number of aromatic nitrogens is 1. The fourth-order valence-electron chi connectivity index (χ4n) is 3.28. The Balaban J connectivity index is 1.66. The maximum absolute atomic E-state index is 9.63. The quantitative estimate of drug-likeness (QED) is 0.659. The van der Waals surface area contributed by atoms with E-state index in [-0.39, 0.29) is 6.10 Å². The maximum atomic E-state index is 9.63. The summed E-state index contributed by atoms with van der Waals surface area (Å²) in [6, 6.07) is 2.22. The number of nitrogens with one attached hydrogen (secondary N) is 1. The van der Waals surface area contributed by atoms with Crippen molar-refractivity contribution < 1.29 is 5.11 Å². The third-order valence-corrected chi connectivity index (χ3v) is 4.86. The van der Waals surface area contributed by atoms with Crippen molar-refractivity contribution in [3.05, 3.63) is 23.0 Å². The van der Waals surface area contributed by atoms with Gasteiger partial charge < -0.3 is 10.4 Å². The molecule has 1 aliphatic heterocycles. The average Bonchev–Trinajstić information content (AvgIpc) is 3.05. The van der Waals surface area contributed by atoms with Crippen molar-refractivity contribution >= 4 is 17.3 Å². The SMILES string of the molecule is OC1CCC(Nc2cc(Cl)ncc2C#CCN2CCCC2)CC1. The van der Waals surface area contributed by atoms with Crippen LogP contribution in [0.1, 0.15) is 44.1 Å². The zero-order chi connectivity index (χ0) is 16.1. The fraction of sp³-hybridized carbons (Fsp3) is 0.611. The van der Waals surface area contributed by atoms with Crippen LogP contribution < -0.4 is 5.32 Å². The molecule has 0 amide bonds. The average molecular weight is 334 g/mol. The van der Waals surface area contributed by atoms with Crippen LogP contribution in [0, 0.1) is 11.8 Å². The highest BCUT2D eigenvalue weighted by Gasteiger charge is 2.20. The molecule has 2 fully saturated rings. The lowest BCUT2D eigenvalue weighted by molar-refractivity contribution is 0.126. The summed E-state index contributed by atoms with van der Waals surface area (Å²) < 4.78 is 0. The number of hydrogen-bond donors (Lipinski definition) is 2. The van der Waals surface area contributed by atoms with E-state index in [1.807, 2.05) is 6.07 Å². The molecule has 0 spiro atoms. The molecule has 2 heterocycles. The number of nitrogens with zero attached hydrogens (tertiary/aromatic N) is 2. The molecule has 0 atom stereocenters. The molecule has 5 heteroatoms. The fourth-order valence-corrected chi connectivity index (χ4v) is 3.43. The number of aliphatic hydroxyl groups is 1. The van der Waals surface area contributed by atoms with Crippen LogP contribution >= 0.6 is 11.6 Å². The Morgan fingerprint density at radius 2 is 2.00 bits per heavy atom. The number of likely N-dealkylation sites (tertiary alicyclic amines) is 1. The lowest BCUT2D eigenvalue weighted by Crippen LogP contribution is -2.28. The lowest BCUT2D eigenvalue weighted by Gasteiger charge is -2.27. The second kappa shape index (κ2) is 8.01. The van der Waals surface area contributed by atoms with E-state index < -0.39 is 0 Å². The molecule has 23 heavy (non-hydrogen) atoms. The highest BCUT2D eigenvalue weighted by Crippen LogP contribution is 2.25. The van der Waals surface area contributed by atoms with E-state index >= 15 is 0 Å². The number of rotatable bonds is 3. The molecule has 1 saturated carbocycles. The third kappa shape index (κ3) is 4.84. The van der Waals surface area contributed by atoms with Crippen LogP contribution in [0.2, 0.25) is 5.15 Å². The van der Waals surface area contributed by atoms with Crippen LogP contribution in [0.15, 0.2) is 12.3 Å². The second-order valence-electron chi connectivity index (χ2n) is 6.49. The van der Waals surface area contributed by atoms with Gasteiger partial charge in [0.2, 0.25) is 0 Å².